The van der Waals surface area contributed by atoms with Gasteiger partial charge in [-0.25, -0.2) is 14.4 Å². The first kappa shape index (κ1) is 27.3. The van der Waals surface area contributed by atoms with Gasteiger partial charge in [-0.2, -0.15) is 0 Å². The number of benzene rings is 2. The predicted octanol–water partition coefficient (Wildman–Crippen LogP) is 4.87. The molecule has 3 fully saturated rings. The highest BCUT2D eigenvalue weighted by Gasteiger charge is 2.40. The summed E-state index contributed by atoms with van der Waals surface area (Å²) in [4.78, 5) is 28.2. The van der Waals surface area contributed by atoms with Crippen molar-refractivity contribution in [2.24, 2.45) is 0 Å². The summed E-state index contributed by atoms with van der Waals surface area (Å²) < 4.78 is 25.7. The molecule has 3 saturated heterocycles. The topological polar surface area (TPSA) is 71.0 Å². The number of nitrogens with zero attached hydrogens (tertiary/aromatic N) is 5. The van der Waals surface area contributed by atoms with Crippen LogP contribution in [0.4, 0.5) is 15.9 Å². The van der Waals surface area contributed by atoms with Crippen LogP contribution in [0.15, 0.2) is 59.8 Å². The highest BCUT2D eigenvalue weighted by atomic mass is 35.5. The summed E-state index contributed by atoms with van der Waals surface area (Å²) in [7, 11) is 0. The minimum absolute atomic E-state index is 0.0324. The lowest BCUT2D eigenvalue weighted by atomic mass is 10.0. The fourth-order valence-corrected chi connectivity index (χ4v) is 6.44. The number of halogens is 2. The van der Waals surface area contributed by atoms with Crippen molar-refractivity contribution in [2.75, 3.05) is 62.3 Å². The van der Waals surface area contributed by atoms with E-state index in [9.17, 15) is 9.18 Å². The molecule has 40 heavy (non-hydrogen) atoms. The van der Waals surface area contributed by atoms with Gasteiger partial charge in [0.15, 0.2) is 10.9 Å². The average Bonchev–Trinajstić information content (AvgIpc) is 3.44. The van der Waals surface area contributed by atoms with Crippen LogP contribution in [0.2, 0.25) is 5.15 Å². The van der Waals surface area contributed by atoms with Crippen molar-refractivity contribution in [3.8, 4) is 0 Å². The zero-order valence-electron chi connectivity index (χ0n) is 22.1. The summed E-state index contributed by atoms with van der Waals surface area (Å²) in [5, 5.41) is 0.986. The quantitative estimate of drug-likeness (QED) is 0.231. The molecule has 2 aromatic carbocycles. The smallest absolute Gasteiger partial charge is 0.253 e. The molecule has 210 valence electrons. The summed E-state index contributed by atoms with van der Waals surface area (Å²) in [6.07, 6.45) is 1.41. The molecule has 1 aromatic heterocycles. The van der Waals surface area contributed by atoms with Crippen LogP contribution < -0.4 is 9.80 Å². The number of para-hydroxylation sites is 1. The molecule has 0 saturated carbocycles. The Kier molecular flexibility index (Phi) is 8.11. The van der Waals surface area contributed by atoms with Crippen molar-refractivity contribution >= 4 is 40.8 Å². The minimum Gasteiger partial charge on any atom is -0.366 e. The number of piperidine rings is 1. The van der Waals surface area contributed by atoms with Crippen LogP contribution >= 0.6 is 23.4 Å². The lowest BCUT2D eigenvalue weighted by Crippen LogP contribution is -2.47. The second-order valence-corrected chi connectivity index (χ2v) is 11.5. The zero-order valence-corrected chi connectivity index (χ0v) is 23.7. The fraction of sp³-hybridized carbons (Fsp3) is 0.414. The van der Waals surface area contributed by atoms with Crippen LogP contribution in [0, 0.1) is 5.82 Å². The van der Waals surface area contributed by atoms with Crippen molar-refractivity contribution in [3.63, 3.8) is 0 Å². The molecule has 1 amide bonds. The third kappa shape index (κ3) is 6.05. The van der Waals surface area contributed by atoms with Gasteiger partial charge in [0.2, 0.25) is 0 Å². The lowest BCUT2D eigenvalue weighted by molar-refractivity contribution is -0.181. The Balaban J connectivity index is 1.03. The molecule has 6 rings (SSSR count). The van der Waals surface area contributed by atoms with Gasteiger partial charge in [-0.1, -0.05) is 47.6 Å². The van der Waals surface area contributed by atoms with Gasteiger partial charge in [-0.3, -0.25) is 4.79 Å². The van der Waals surface area contributed by atoms with E-state index in [2.05, 4.69) is 14.8 Å². The number of likely N-dealkylation sites (tertiary alicyclic amines) is 1. The van der Waals surface area contributed by atoms with Crippen molar-refractivity contribution in [1.82, 2.24) is 14.9 Å². The SMILES string of the molecule is O=C(c1ccc(CSc2nc(Cl)cc(N3CCN(c4ccccc4F)CC3)n2)cc1)N1CCC2(CC1)OCCO2. The molecule has 0 bridgehead atoms. The maximum atomic E-state index is 14.2. The van der Waals surface area contributed by atoms with Crippen LogP contribution in [0.25, 0.3) is 0 Å². The maximum absolute atomic E-state index is 14.2. The average molecular weight is 584 g/mol. The molecule has 0 atom stereocenters. The molecule has 0 unspecified atom stereocenters. The van der Waals surface area contributed by atoms with Gasteiger partial charge >= 0.3 is 0 Å². The van der Waals surface area contributed by atoms with Crippen LogP contribution in [-0.4, -0.2) is 79.0 Å². The van der Waals surface area contributed by atoms with Crippen LogP contribution in [0.5, 0.6) is 0 Å². The molecule has 8 nitrogen and oxygen atoms in total. The van der Waals surface area contributed by atoms with Gasteiger partial charge in [-0.15, -0.1) is 0 Å². The number of thioether (sulfide) groups is 1. The van der Waals surface area contributed by atoms with E-state index in [4.69, 9.17) is 26.1 Å². The molecule has 0 radical (unpaired) electrons. The van der Waals surface area contributed by atoms with E-state index in [-0.39, 0.29) is 11.7 Å². The molecular weight excluding hydrogens is 553 g/mol. The summed E-state index contributed by atoms with van der Waals surface area (Å²) >= 11 is 7.86. The summed E-state index contributed by atoms with van der Waals surface area (Å²) in [5.74, 6) is 0.760. The van der Waals surface area contributed by atoms with E-state index in [1.54, 1.807) is 12.1 Å². The highest BCUT2D eigenvalue weighted by molar-refractivity contribution is 7.98. The van der Waals surface area contributed by atoms with Gasteiger partial charge < -0.3 is 24.2 Å². The van der Waals surface area contributed by atoms with Crippen molar-refractivity contribution in [1.29, 1.82) is 0 Å². The van der Waals surface area contributed by atoms with Gasteiger partial charge in [-0.05, 0) is 29.8 Å². The number of aromatic nitrogens is 2. The van der Waals surface area contributed by atoms with Crippen LogP contribution in [-0.2, 0) is 15.2 Å². The highest BCUT2D eigenvalue weighted by Crippen LogP contribution is 2.32. The number of ether oxygens (including phenoxy) is 2. The van der Waals surface area contributed by atoms with Crippen LogP contribution in [0.3, 0.4) is 0 Å². The first-order chi connectivity index (χ1) is 19.5. The Hall–Kier alpha value is -2.92. The number of amides is 1. The number of hydrogen-bond donors (Lipinski definition) is 0. The Morgan fingerprint density at radius 1 is 0.925 bits per heavy atom. The third-order valence-corrected chi connectivity index (χ3v) is 8.76. The van der Waals surface area contributed by atoms with E-state index in [1.165, 1.54) is 17.8 Å². The van der Waals surface area contributed by atoms with Crippen molar-refractivity contribution in [2.45, 2.75) is 29.5 Å². The van der Waals surface area contributed by atoms with Gasteiger partial charge in [0.05, 0.1) is 18.9 Å². The molecular formula is C29H31ClFN5O3S. The molecule has 3 aliphatic rings. The number of carbonyl (C=O) groups excluding carboxylic acids is 1. The molecule has 11 heteroatoms. The second-order valence-electron chi connectivity index (χ2n) is 10.1. The summed E-state index contributed by atoms with van der Waals surface area (Å²) in [5.41, 5.74) is 2.37. The first-order valence-corrected chi connectivity index (χ1v) is 14.9. The Morgan fingerprint density at radius 2 is 1.60 bits per heavy atom. The molecule has 0 N–H and O–H groups in total. The maximum Gasteiger partial charge on any atom is 0.253 e. The number of piperazine rings is 1. The van der Waals surface area contributed by atoms with Crippen molar-refractivity contribution in [3.05, 3.63) is 76.7 Å². The number of hydrogen-bond acceptors (Lipinski definition) is 8. The van der Waals surface area contributed by atoms with Crippen molar-refractivity contribution < 1.29 is 18.7 Å². The van der Waals surface area contributed by atoms with E-state index in [0.29, 0.717) is 92.6 Å². The predicted molar refractivity (Wildman–Crippen MR) is 154 cm³/mol. The van der Waals surface area contributed by atoms with E-state index < -0.39 is 5.79 Å². The standard InChI is InChI=1S/C29H31ClFN5O3S/c30-25-19-26(35-15-13-34(14-16-35)24-4-2-1-3-23(24)31)33-28(32-25)40-20-21-5-7-22(8-6-21)27(37)36-11-9-29(10-12-36)38-17-18-39-29/h1-8,19H,9-18,20H2. The van der Waals surface area contributed by atoms with Crippen LogP contribution in [0.1, 0.15) is 28.8 Å². The molecule has 3 aromatic rings. The number of rotatable bonds is 6. The fourth-order valence-electron chi connectivity index (χ4n) is 5.41. The van der Waals surface area contributed by atoms with E-state index in [1.807, 2.05) is 41.3 Å². The van der Waals surface area contributed by atoms with E-state index in [0.717, 1.165) is 11.4 Å². The molecule has 0 aliphatic carbocycles. The largest absolute Gasteiger partial charge is 0.366 e. The zero-order chi connectivity index (χ0) is 27.5. The molecule has 4 heterocycles. The minimum atomic E-state index is -0.490. The third-order valence-electron chi connectivity index (χ3n) is 7.65. The van der Waals surface area contributed by atoms with Gasteiger partial charge in [0.25, 0.3) is 5.91 Å². The monoisotopic (exact) mass is 583 g/mol. The Bertz CT molecular complexity index is 1340. The molecule has 1 spiro atoms. The second kappa shape index (κ2) is 11.9. The number of carbonyl (C=O) groups is 1. The summed E-state index contributed by atoms with van der Waals surface area (Å²) in [6, 6.07) is 16.3. The normalized spacial score (nSPS) is 18.9. The first-order valence-electron chi connectivity index (χ1n) is 13.6. The molecule has 3 aliphatic heterocycles. The Morgan fingerprint density at radius 3 is 2.30 bits per heavy atom. The van der Waals surface area contributed by atoms with Gasteiger partial charge in [0.1, 0.15) is 16.8 Å². The Labute approximate surface area is 242 Å². The van der Waals surface area contributed by atoms with Gasteiger partial charge in [0, 0.05) is 69.5 Å². The number of anilines is 2. The summed E-state index contributed by atoms with van der Waals surface area (Å²) in [6.45, 7) is 5.31. The van der Waals surface area contributed by atoms with E-state index >= 15 is 0 Å². The lowest BCUT2D eigenvalue weighted by Gasteiger charge is -2.37.